The van der Waals surface area contributed by atoms with Crippen molar-refractivity contribution in [2.45, 2.75) is 61.6 Å². The van der Waals surface area contributed by atoms with Crippen molar-refractivity contribution in [3.05, 3.63) is 71.8 Å². The van der Waals surface area contributed by atoms with Gasteiger partial charge in [-0.25, -0.2) is 4.79 Å². The van der Waals surface area contributed by atoms with Gasteiger partial charge in [-0.3, -0.25) is 0 Å². The van der Waals surface area contributed by atoms with E-state index in [9.17, 15) is 4.79 Å². The van der Waals surface area contributed by atoms with E-state index in [0.29, 0.717) is 12.1 Å². The molecule has 160 valence electrons. The maximum Gasteiger partial charge on any atom is 0.336 e. The van der Waals surface area contributed by atoms with Crippen LogP contribution in [-0.2, 0) is 14.4 Å². The van der Waals surface area contributed by atoms with Gasteiger partial charge in [0, 0.05) is 38.5 Å². The van der Waals surface area contributed by atoms with Crippen LogP contribution in [0.1, 0.15) is 49.7 Å². The fourth-order valence-corrected chi connectivity index (χ4v) is 6.57. The van der Waals surface area contributed by atoms with Crippen LogP contribution in [0.15, 0.2) is 60.7 Å². The summed E-state index contributed by atoms with van der Waals surface area (Å²) in [6.45, 7) is 2.65. The van der Waals surface area contributed by atoms with Crippen molar-refractivity contribution in [2.75, 3.05) is 13.1 Å². The molecule has 3 aliphatic rings. The number of rotatable bonds is 4. The summed E-state index contributed by atoms with van der Waals surface area (Å²) in [5, 5.41) is 0. The van der Waals surface area contributed by atoms with E-state index in [-0.39, 0.29) is 24.5 Å². The minimum Gasteiger partial charge on any atom is -1.00 e. The number of halogens is 2. The molecule has 2 aromatic carbocycles. The number of hydrogen-bond donors (Lipinski definition) is 0. The van der Waals surface area contributed by atoms with E-state index in [2.05, 4.69) is 0 Å². The lowest BCUT2D eigenvalue weighted by Crippen LogP contribution is -3.00. The van der Waals surface area contributed by atoms with Gasteiger partial charge in [-0.1, -0.05) is 72.3 Å². The zero-order valence-corrected chi connectivity index (χ0v) is 18.7. The van der Waals surface area contributed by atoms with Crippen LogP contribution in [-0.4, -0.2) is 41.7 Å². The van der Waals surface area contributed by atoms with Gasteiger partial charge in [0.2, 0.25) is 0 Å². The highest BCUT2D eigenvalue weighted by Gasteiger charge is 2.56. The molecule has 0 aromatic heterocycles. The second-order valence-electron chi connectivity index (χ2n) is 9.03. The summed E-state index contributed by atoms with van der Waals surface area (Å²) in [5.41, 5.74) is 1.53. The molecule has 0 saturated carbocycles. The molecule has 2 aromatic rings. The van der Waals surface area contributed by atoms with Gasteiger partial charge < -0.3 is 21.6 Å². The largest absolute Gasteiger partial charge is 1.00 e. The van der Waals surface area contributed by atoms with Gasteiger partial charge in [-0.15, -0.1) is 0 Å². The van der Waals surface area contributed by atoms with Gasteiger partial charge in [-0.2, -0.15) is 0 Å². The molecule has 3 fully saturated rings. The lowest BCUT2D eigenvalue weighted by Gasteiger charge is -2.47. The van der Waals surface area contributed by atoms with Crippen molar-refractivity contribution in [1.29, 1.82) is 0 Å². The maximum atomic E-state index is 13.5. The third-order valence-electron chi connectivity index (χ3n) is 7.65. The number of benzene rings is 2. The summed E-state index contributed by atoms with van der Waals surface area (Å²) in [4.78, 5) is 12.2. The van der Waals surface area contributed by atoms with Gasteiger partial charge in [0.1, 0.15) is 6.10 Å². The second-order valence-corrected chi connectivity index (χ2v) is 9.60. The van der Waals surface area contributed by atoms with Crippen LogP contribution in [0.3, 0.4) is 0 Å². The van der Waals surface area contributed by atoms with E-state index in [4.69, 9.17) is 16.3 Å². The Morgan fingerprint density at radius 2 is 1.33 bits per heavy atom. The molecule has 1 spiro atoms. The van der Waals surface area contributed by atoms with Crippen molar-refractivity contribution in [3.8, 4) is 0 Å². The van der Waals surface area contributed by atoms with Crippen molar-refractivity contribution < 1.29 is 26.4 Å². The van der Waals surface area contributed by atoms with Crippen LogP contribution in [0.2, 0.25) is 0 Å². The van der Waals surface area contributed by atoms with Crippen LogP contribution in [0.25, 0.3) is 0 Å². The Morgan fingerprint density at radius 1 is 0.867 bits per heavy atom. The van der Waals surface area contributed by atoms with E-state index >= 15 is 0 Å². The molecule has 2 unspecified atom stereocenters. The van der Waals surface area contributed by atoms with Crippen LogP contribution in [0.5, 0.6) is 0 Å². The average Bonchev–Trinajstić information content (AvgIpc) is 3.31. The molecule has 3 heterocycles. The Hall–Kier alpha value is -1.55. The molecule has 5 rings (SSSR count). The molecule has 0 amide bonds. The van der Waals surface area contributed by atoms with Crippen molar-refractivity contribution in [1.82, 2.24) is 0 Å². The zero-order chi connectivity index (χ0) is 19.9. The van der Waals surface area contributed by atoms with E-state index < -0.39 is 4.87 Å². The molecule has 30 heavy (non-hydrogen) atoms. The number of piperidine rings is 1. The Bertz CT molecular complexity index is 812. The predicted molar refractivity (Wildman–Crippen MR) is 115 cm³/mol. The molecule has 5 heteroatoms. The molecule has 0 aliphatic carbocycles. The van der Waals surface area contributed by atoms with Crippen LogP contribution >= 0.6 is 11.6 Å². The van der Waals surface area contributed by atoms with Crippen molar-refractivity contribution >= 4 is 17.6 Å². The molecule has 0 N–H and O–H groups in total. The molecule has 0 radical (unpaired) electrons. The fraction of sp³-hybridized carbons (Fsp3) is 0.480. The molecular formula is C25H29Cl2NO2. The molecular weight excluding hydrogens is 417 g/mol. The molecule has 3 nitrogen and oxygen atoms in total. The summed E-state index contributed by atoms with van der Waals surface area (Å²) < 4.78 is 7.47. The molecule has 2 bridgehead atoms. The Balaban J connectivity index is 0.00000218. The normalized spacial score (nSPS) is 26.9. The highest BCUT2D eigenvalue weighted by molar-refractivity contribution is 6.36. The standard InChI is InChI=1S/C25H29ClNO2.ClH/c26-25(19-9-3-1-4-10-19,20-11-5-2-6-12-20)24(28)29-23-17-21-13-14-22(18-23)27(21)15-7-8-16-27;/h1-6,9-12,21-23H,7-8,13-18H2;1H/q+1;/p-1. The quantitative estimate of drug-likeness (QED) is 0.408. The summed E-state index contributed by atoms with van der Waals surface area (Å²) in [7, 11) is 0. The number of esters is 1. The average molecular weight is 446 g/mol. The van der Waals surface area contributed by atoms with Gasteiger partial charge in [0.25, 0.3) is 0 Å². The second kappa shape index (κ2) is 8.53. The van der Waals surface area contributed by atoms with Crippen LogP contribution in [0, 0.1) is 0 Å². The number of carbonyl (C=O) groups excluding carboxylic acids is 1. The van der Waals surface area contributed by atoms with Gasteiger partial charge >= 0.3 is 5.97 Å². The lowest BCUT2D eigenvalue weighted by molar-refractivity contribution is -0.956. The topological polar surface area (TPSA) is 26.3 Å². The van der Waals surface area contributed by atoms with E-state index in [1.165, 1.54) is 43.3 Å². The Labute approximate surface area is 190 Å². The van der Waals surface area contributed by atoms with Crippen molar-refractivity contribution in [3.63, 3.8) is 0 Å². The minimum atomic E-state index is -1.31. The summed E-state index contributed by atoms with van der Waals surface area (Å²) in [6.07, 6.45) is 7.21. The van der Waals surface area contributed by atoms with Crippen LogP contribution < -0.4 is 12.4 Å². The lowest BCUT2D eigenvalue weighted by atomic mass is 9.90. The Morgan fingerprint density at radius 3 is 1.80 bits per heavy atom. The third-order valence-corrected chi connectivity index (χ3v) is 8.25. The highest BCUT2D eigenvalue weighted by atomic mass is 35.5. The number of quaternary nitrogens is 1. The van der Waals surface area contributed by atoms with E-state index in [1.54, 1.807) is 0 Å². The summed E-state index contributed by atoms with van der Waals surface area (Å²) >= 11 is 7.09. The number of alkyl halides is 1. The number of hydrogen-bond acceptors (Lipinski definition) is 2. The molecule has 3 saturated heterocycles. The Kier molecular flexibility index (Phi) is 6.16. The first-order chi connectivity index (χ1) is 14.1. The first-order valence-electron chi connectivity index (χ1n) is 11.0. The van der Waals surface area contributed by atoms with Crippen molar-refractivity contribution in [2.24, 2.45) is 0 Å². The minimum absolute atomic E-state index is 0. The first-order valence-corrected chi connectivity index (χ1v) is 11.4. The first kappa shape index (κ1) is 21.7. The molecule has 3 aliphatic heterocycles. The summed E-state index contributed by atoms with van der Waals surface area (Å²) in [5.74, 6) is -0.337. The number of carbonyl (C=O) groups is 1. The van der Waals surface area contributed by atoms with E-state index in [0.717, 1.165) is 24.0 Å². The monoisotopic (exact) mass is 445 g/mol. The fourth-order valence-electron chi connectivity index (χ4n) is 6.28. The number of ether oxygens (including phenoxy) is 1. The maximum absolute atomic E-state index is 13.5. The van der Waals surface area contributed by atoms with Gasteiger partial charge in [0.05, 0.1) is 25.2 Å². The van der Waals surface area contributed by atoms with E-state index in [1.807, 2.05) is 60.7 Å². The smallest absolute Gasteiger partial charge is 0.336 e. The van der Waals surface area contributed by atoms with Gasteiger partial charge in [0.15, 0.2) is 4.87 Å². The predicted octanol–water partition coefficient (Wildman–Crippen LogP) is 2.02. The summed E-state index contributed by atoms with van der Waals surface area (Å²) in [6, 6.07) is 20.5. The third kappa shape index (κ3) is 3.45. The highest BCUT2D eigenvalue weighted by Crippen LogP contribution is 2.47. The number of nitrogens with zero attached hydrogens (tertiary/aromatic N) is 1. The van der Waals surface area contributed by atoms with Crippen LogP contribution in [0.4, 0.5) is 0 Å². The van der Waals surface area contributed by atoms with Gasteiger partial charge in [-0.05, 0) is 11.1 Å². The SMILES string of the molecule is O=C(OC1CC2CCC(C1)[N+]21CCCC1)C(Cl)(c1ccccc1)c1ccccc1.[Cl-]. The zero-order valence-electron chi connectivity index (χ0n) is 17.2. The molecule has 2 atom stereocenters.